The standard InChI is InChI=1S/C24H29N3O5/c1-16(28)26-20-6-4-5-19(13-20)24(30)27-11-9-17(10-12-27)15-25-23(29)18-7-8-21(31-2)22(14-18)32-3/h4-8,13-14,17H,9-12,15H2,1-3H3,(H,25,29)(H,26,28). The van der Waals surface area contributed by atoms with E-state index in [2.05, 4.69) is 10.6 Å². The third kappa shape index (κ3) is 5.78. The van der Waals surface area contributed by atoms with Crippen LogP contribution in [-0.2, 0) is 4.79 Å². The van der Waals surface area contributed by atoms with Gasteiger partial charge in [0.05, 0.1) is 14.2 Å². The molecular weight excluding hydrogens is 410 g/mol. The van der Waals surface area contributed by atoms with Crippen molar-refractivity contribution >= 4 is 23.4 Å². The summed E-state index contributed by atoms with van der Waals surface area (Å²) in [5.41, 5.74) is 1.67. The quantitative estimate of drug-likeness (QED) is 0.691. The number of nitrogens with zero attached hydrogens (tertiary/aromatic N) is 1. The highest BCUT2D eigenvalue weighted by atomic mass is 16.5. The fourth-order valence-electron chi connectivity index (χ4n) is 3.77. The molecule has 0 spiro atoms. The molecule has 1 aliphatic rings. The Morgan fingerprint density at radius 3 is 2.34 bits per heavy atom. The van der Waals surface area contributed by atoms with Crippen molar-refractivity contribution in [2.45, 2.75) is 19.8 Å². The normalized spacial score (nSPS) is 13.9. The molecule has 0 aliphatic carbocycles. The Balaban J connectivity index is 1.50. The van der Waals surface area contributed by atoms with E-state index in [1.54, 1.807) is 49.6 Å². The summed E-state index contributed by atoms with van der Waals surface area (Å²) >= 11 is 0. The van der Waals surface area contributed by atoms with Crippen LogP contribution in [0.15, 0.2) is 42.5 Å². The second-order valence-electron chi connectivity index (χ2n) is 7.78. The minimum atomic E-state index is -0.175. The number of anilines is 1. The van der Waals surface area contributed by atoms with Gasteiger partial charge >= 0.3 is 0 Å². The van der Waals surface area contributed by atoms with Crippen molar-refractivity contribution in [2.24, 2.45) is 5.92 Å². The largest absolute Gasteiger partial charge is 0.493 e. The first-order valence-corrected chi connectivity index (χ1v) is 10.6. The Hall–Kier alpha value is -3.55. The van der Waals surface area contributed by atoms with Crippen LogP contribution in [0.2, 0.25) is 0 Å². The van der Waals surface area contributed by atoms with Gasteiger partial charge in [0.25, 0.3) is 11.8 Å². The summed E-state index contributed by atoms with van der Waals surface area (Å²) < 4.78 is 10.5. The maximum atomic E-state index is 12.8. The fourth-order valence-corrected chi connectivity index (χ4v) is 3.77. The summed E-state index contributed by atoms with van der Waals surface area (Å²) in [4.78, 5) is 38.4. The lowest BCUT2D eigenvalue weighted by Crippen LogP contribution is -2.41. The Kier molecular flexibility index (Phi) is 7.70. The average molecular weight is 440 g/mol. The molecule has 8 nitrogen and oxygen atoms in total. The van der Waals surface area contributed by atoms with Gasteiger partial charge in [-0.3, -0.25) is 14.4 Å². The van der Waals surface area contributed by atoms with Crippen LogP contribution >= 0.6 is 0 Å². The molecule has 2 N–H and O–H groups in total. The van der Waals surface area contributed by atoms with Gasteiger partial charge in [0.1, 0.15) is 0 Å². The van der Waals surface area contributed by atoms with Crippen molar-refractivity contribution in [3.63, 3.8) is 0 Å². The Labute approximate surface area is 187 Å². The van der Waals surface area contributed by atoms with E-state index in [1.807, 2.05) is 4.90 Å². The molecule has 1 saturated heterocycles. The zero-order chi connectivity index (χ0) is 23.1. The third-order valence-corrected chi connectivity index (χ3v) is 5.53. The van der Waals surface area contributed by atoms with Crippen LogP contribution in [0.5, 0.6) is 11.5 Å². The van der Waals surface area contributed by atoms with Gasteiger partial charge in [0.15, 0.2) is 11.5 Å². The Bertz CT molecular complexity index is 983. The molecule has 0 radical (unpaired) electrons. The molecule has 0 aromatic heterocycles. The van der Waals surface area contributed by atoms with Crippen molar-refractivity contribution < 1.29 is 23.9 Å². The summed E-state index contributed by atoms with van der Waals surface area (Å²) in [5, 5.41) is 5.68. The van der Waals surface area contributed by atoms with Gasteiger partial charge in [-0.05, 0) is 55.2 Å². The van der Waals surface area contributed by atoms with E-state index in [0.29, 0.717) is 53.9 Å². The van der Waals surface area contributed by atoms with Crippen molar-refractivity contribution in [3.8, 4) is 11.5 Å². The predicted octanol–water partition coefficient (Wildman–Crippen LogP) is 2.94. The summed E-state index contributed by atoms with van der Waals surface area (Å²) in [6, 6.07) is 12.0. The van der Waals surface area contributed by atoms with E-state index in [1.165, 1.54) is 14.0 Å². The predicted molar refractivity (Wildman–Crippen MR) is 121 cm³/mol. The molecular formula is C24H29N3O5. The Morgan fingerprint density at radius 1 is 0.969 bits per heavy atom. The van der Waals surface area contributed by atoms with Crippen LogP contribution in [0.1, 0.15) is 40.5 Å². The number of hydrogen-bond donors (Lipinski definition) is 2. The summed E-state index contributed by atoms with van der Waals surface area (Å²) in [5.74, 6) is 0.988. The molecule has 0 unspecified atom stereocenters. The summed E-state index contributed by atoms with van der Waals surface area (Å²) in [6.45, 7) is 3.23. The highest BCUT2D eigenvalue weighted by Gasteiger charge is 2.24. The molecule has 8 heteroatoms. The maximum Gasteiger partial charge on any atom is 0.253 e. The molecule has 0 atom stereocenters. The van der Waals surface area contributed by atoms with Crippen molar-refractivity contribution in [3.05, 3.63) is 53.6 Å². The molecule has 32 heavy (non-hydrogen) atoms. The number of carbonyl (C=O) groups excluding carboxylic acids is 3. The number of methoxy groups -OCH3 is 2. The first-order valence-electron chi connectivity index (χ1n) is 10.6. The number of benzene rings is 2. The lowest BCUT2D eigenvalue weighted by atomic mass is 9.96. The van der Waals surface area contributed by atoms with Gasteiger partial charge in [-0.2, -0.15) is 0 Å². The molecule has 1 heterocycles. The van der Waals surface area contributed by atoms with Crippen molar-refractivity contribution in [1.82, 2.24) is 10.2 Å². The lowest BCUT2D eigenvalue weighted by molar-refractivity contribution is -0.114. The number of ether oxygens (including phenoxy) is 2. The number of likely N-dealkylation sites (tertiary alicyclic amines) is 1. The van der Waals surface area contributed by atoms with Crippen LogP contribution in [0, 0.1) is 5.92 Å². The van der Waals surface area contributed by atoms with Crippen LogP contribution in [0.3, 0.4) is 0 Å². The van der Waals surface area contributed by atoms with Gasteiger partial charge < -0.3 is 25.0 Å². The van der Waals surface area contributed by atoms with Gasteiger partial charge in [0.2, 0.25) is 5.91 Å². The molecule has 3 rings (SSSR count). The van der Waals surface area contributed by atoms with E-state index in [9.17, 15) is 14.4 Å². The summed E-state index contributed by atoms with van der Waals surface area (Å²) in [7, 11) is 3.08. The van der Waals surface area contributed by atoms with Crippen LogP contribution in [-0.4, -0.2) is 56.5 Å². The van der Waals surface area contributed by atoms with Gasteiger partial charge in [-0.25, -0.2) is 0 Å². The number of hydrogen-bond acceptors (Lipinski definition) is 5. The highest BCUT2D eigenvalue weighted by molar-refractivity contribution is 5.97. The van der Waals surface area contributed by atoms with Crippen LogP contribution < -0.4 is 20.1 Å². The van der Waals surface area contributed by atoms with Crippen molar-refractivity contribution in [1.29, 1.82) is 0 Å². The number of nitrogens with one attached hydrogen (secondary N) is 2. The van der Waals surface area contributed by atoms with Crippen molar-refractivity contribution in [2.75, 3.05) is 39.2 Å². The molecule has 2 aromatic carbocycles. The van der Waals surface area contributed by atoms with E-state index < -0.39 is 0 Å². The topological polar surface area (TPSA) is 97.0 Å². The van der Waals surface area contributed by atoms with E-state index in [0.717, 1.165) is 12.8 Å². The zero-order valence-electron chi connectivity index (χ0n) is 18.6. The minimum absolute atomic E-state index is 0.0509. The van der Waals surface area contributed by atoms with Gasteiger partial charge in [-0.15, -0.1) is 0 Å². The maximum absolute atomic E-state index is 12.8. The molecule has 1 aliphatic heterocycles. The SMILES string of the molecule is COc1ccc(C(=O)NCC2CCN(C(=O)c3cccc(NC(C)=O)c3)CC2)cc1OC. The lowest BCUT2D eigenvalue weighted by Gasteiger charge is -2.32. The minimum Gasteiger partial charge on any atom is -0.493 e. The first-order chi connectivity index (χ1) is 15.4. The second-order valence-corrected chi connectivity index (χ2v) is 7.78. The number of piperidine rings is 1. The number of rotatable bonds is 7. The molecule has 170 valence electrons. The first kappa shape index (κ1) is 23.1. The second kappa shape index (κ2) is 10.7. The van der Waals surface area contributed by atoms with Crippen LogP contribution in [0.25, 0.3) is 0 Å². The zero-order valence-corrected chi connectivity index (χ0v) is 18.6. The molecule has 0 bridgehead atoms. The summed E-state index contributed by atoms with van der Waals surface area (Å²) in [6.07, 6.45) is 1.62. The third-order valence-electron chi connectivity index (χ3n) is 5.53. The monoisotopic (exact) mass is 439 g/mol. The molecule has 1 fully saturated rings. The molecule has 2 aromatic rings. The number of amides is 3. The van der Waals surface area contributed by atoms with E-state index in [4.69, 9.17) is 9.47 Å². The van der Waals surface area contributed by atoms with E-state index >= 15 is 0 Å². The highest BCUT2D eigenvalue weighted by Crippen LogP contribution is 2.27. The number of carbonyl (C=O) groups is 3. The Morgan fingerprint density at radius 2 is 1.69 bits per heavy atom. The van der Waals surface area contributed by atoms with Gasteiger partial charge in [-0.1, -0.05) is 6.07 Å². The van der Waals surface area contributed by atoms with Crippen LogP contribution in [0.4, 0.5) is 5.69 Å². The van der Waals surface area contributed by atoms with E-state index in [-0.39, 0.29) is 17.7 Å². The molecule has 3 amide bonds. The van der Waals surface area contributed by atoms with Gasteiger partial charge in [0, 0.05) is 43.4 Å². The average Bonchev–Trinajstić information content (AvgIpc) is 2.81. The fraction of sp³-hybridized carbons (Fsp3) is 0.375. The smallest absolute Gasteiger partial charge is 0.253 e. The molecule has 0 saturated carbocycles.